The van der Waals surface area contributed by atoms with E-state index in [2.05, 4.69) is 16.9 Å². The molecule has 2 aliphatic heterocycles. The minimum Gasteiger partial charge on any atom is -0.332 e. The van der Waals surface area contributed by atoms with E-state index in [0.717, 1.165) is 35.7 Å². The van der Waals surface area contributed by atoms with Gasteiger partial charge in [-0.15, -0.1) is 0 Å². The number of fused-ring (bicyclic) bond motifs is 2. The van der Waals surface area contributed by atoms with E-state index < -0.39 is 0 Å². The predicted molar refractivity (Wildman–Crippen MR) is 111 cm³/mol. The zero-order valence-corrected chi connectivity index (χ0v) is 16.5. The molecule has 3 atom stereocenters. The van der Waals surface area contributed by atoms with Gasteiger partial charge in [-0.25, -0.2) is 4.39 Å². The Bertz CT molecular complexity index is 1050. The van der Waals surface area contributed by atoms with Crippen LogP contribution in [-0.4, -0.2) is 52.9 Å². The molecule has 0 spiro atoms. The van der Waals surface area contributed by atoms with Gasteiger partial charge in [-0.3, -0.25) is 9.78 Å². The van der Waals surface area contributed by atoms with Crippen LogP contribution in [0, 0.1) is 5.82 Å². The number of likely N-dealkylation sites (N-methyl/N-ethyl adjacent to an activating group) is 1. The molecule has 2 saturated heterocycles. The fraction of sp³-hybridized carbons (Fsp3) is 0.333. The highest BCUT2D eigenvalue weighted by Crippen LogP contribution is 2.40. The number of amides is 1. The average Bonchev–Trinajstić information content (AvgIpc) is 3.14. The van der Waals surface area contributed by atoms with Crippen molar-refractivity contribution in [1.82, 2.24) is 14.8 Å². The smallest absolute Gasteiger partial charge is 0.273 e. The van der Waals surface area contributed by atoms with Crippen molar-refractivity contribution >= 4 is 16.7 Å². The third kappa shape index (κ3) is 3.10. The molecule has 5 rings (SSSR count). The van der Waals surface area contributed by atoms with Crippen LogP contribution in [0.3, 0.4) is 0 Å². The highest BCUT2D eigenvalue weighted by Gasteiger charge is 2.48. The summed E-state index contributed by atoms with van der Waals surface area (Å²) >= 11 is 0. The molecule has 0 aliphatic carbocycles. The van der Waals surface area contributed by atoms with Crippen LogP contribution in [0.2, 0.25) is 0 Å². The number of halogens is 1. The Balaban J connectivity index is 1.54. The zero-order valence-electron chi connectivity index (χ0n) is 16.5. The van der Waals surface area contributed by atoms with Gasteiger partial charge in [-0.1, -0.05) is 36.4 Å². The first-order chi connectivity index (χ1) is 14.1. The summed E-state index contributed by atoms with van der Waals surface area (Å²) in [6.45, 7) is 1.66. The first-order valence-electron chi connectivity index (χ1n) is 10.2. The maximum Gasteiger partial charge on any atom is 0.273 e. The summed E-state index contributed by atoms with van der Waals surface area (Å²) < 4.78 is 13.5. The van der Waals surface area contributed by atoms with Crippen molar-refractivity contribution in [3.63, 3.8) is 0 Å². The lowest BCUT2D eigenvalue weighted by molar-refractivity contribution is 0.0625. The summed E-state index contributed by atoms with van der Waals surface area (Å²) in [5.74, 6) is -0.0604. The number of carbonyl (C=O) groups excluding carboxylic acids is 1. The van der Waals surface area contributed by atoms with E-state index in [9.17, 15) is 9.18 Å². The van der Waals surface area contributed by atoms with Gasteiger partial charge in [-0.2, -0.15) is 0 Å². The number of hydrogen-bond donors (Lipinski definition) is 0. The number of hydrogen-bond acceptors (Lipinski definition) is 3. The monoisotopic (exact) mass is 389 g/mol. The third-order valence-electron chi connectivity index (χ3n) is 6.56. The molecule has 3 aromatic rings. The highest BCUT2D eigenvalue weighted by molar-refractivity contribution is 6.05. The number of nitrogens with zero attached hydrogens (tertiary/aromatic N) is 3. The van der Waals surface area contributed by atoms with Gasteiger partial charge in [0.25, 0.3) is 5.91 Å². The summed E-state index contributed by atoms with van der Waals surface area (Å²) in [4.78, 5) is 22.5. The lowest BCUT2D eigenvalue weighted by atomic mass is 9.86. The summed E-state index contributed by atoms with van der Waals surface area (Å²) in [7, 11) is 2.14. The molecule has 0 N–H and O–H groups in total. The Morgan fingerprint density at radius 3 is 2.72 bits per heavy atom. The molecule has 0 bridgehead atoms. The molecule has 2 aromatic carbocycles. The number of benzene rings is 2. The third-order valence-corrected chi connectivity index (χ3v) is 6.56. The minimum absolute atomic E-state index is 0.00304. The van der Waals surface area contributed by atoms with E-state index in [4.69, 9.17) is 0 Å². The number of carbonyl (C=O) groups is 1. The van der Waals surface area contributed by atoms with Crippen molar-refractivity contribution in [1.29, 1.82) is 0 Å². The van der Waals surface area contributed by atoms with Crippen LogP contribution in [0.5, 0.6) is 0 Å². The fourth-order valence-corrected chi connectivity index (χ4v) is 5.21. The summed E-state index contributed by atoms with van der Waals surface area (Å²) in [6, 6.07) is 17.0. The highest BCUT2D eigenvalue weighted by atomic mass is 19.1. The molecule has 1 aromatic heterocycles. The van der Waals surface area contributed by atoms with Gasteiger partial charge < -0.3 is 9.80 Å². The number of rotatable bonds is 2. The van der Waals surface area contributed by atoms with Gasteiger partial charge in [0, 0.05) is 36.1 Å². The molecule has 29 heavy (non-hydrogen) atoms. The van der Waals surface area contributed by atoms with Gasteiger partial charge in [-0.05, 0) is 55.6 Å². The van der Waals surface area contributed by atoms with E-state index in [1.54, 1.807) is 6.20 Å². The van der Waals surface area contributed by atoms with E-state index >= 15 is 0 Å². The van der Waals surface area contributed by atoms with Crippen LogP contribution in [0.1, 0.15) is 34.8 Å². The van der Waals surface area contributed by atoms with E-state index in [1.807, 2.05) is 47.4 Å². The molecule has 5 heteroatoms. The molecule has 148 valence electrons. The van der Waals surface area contributed by atoms with Gasteiger partial charge >= 0.3 is 0 Å². The summed E-state index contributed by atoms with van der Waals surface area (Å²) in [6.07, 6.45) is 3.78. The van der Waals surface area contributed by atoms with E-state index in [1.165, 1.54) is 12.1 Å². The zero-order chi connectivity index (χ0) is 20.0. The largest absolute Gasteiger partial charge is 0.332 e. The fourth-order valence-electron chi connectivity index (χ4n) is 5.21. The Morgan fingerprint density at radius 2 is 1.90 bits per heavy atom. The molecule has 0 saturated carbocycles. The number of likely N-dealkylation sites (tertiary alicyclic amines) is 2. The Morgan fingerprint density at radius 1 is 1.10 bits per heavy atom. The second-order valence-corrected chi connectivity index (χ2v) is 8.18. The first kappa shape index (κ1) is 18.3. The van der Waals surface area contributed by atoms with Crippen LogP contribution >= 0.6 is 0 Å². The molecule has 4 nitrogen and oxygen atoms in total. The maximum absolute atomic E-state index is 13.6. The van der Waals surface area contributed by atoms with Crippen LogP contribution in [-0.2, 0) is 0 Å². The molecular formula is C24H24FN3O. The normalized spacial score (nSPS) is 24.6. The van der Waals surface area contributed by atoms with Crippen LogP contribution in [0.25, 0.3) is 10.8 Å². The second kappa shape index (κ2) is 7.23. The van der Waals surface area contributed by atoms with Crippen molar-refractivity contribution in [2.75, 3.05) is 20.1 Å². The van der Waals surface area contributed by atoms with Gasteiger partial charge in [0.15, 0.2) is 0 Å². The average molecular weight is 389 g/mol. The molecule has 2 aliphatic rings. The van der Waals surface area contributed by atoms with Crippen LogP contribution in [0.15, 0.2) is 60.8 Å². The van der Waals surface area contributed by atoms with Crippen molar-refractivity contribution in [3.05, 3.63) is 77.9 Å². The minimum atomic E-state index is -0.229. The molecule has 3 heterocycles. The van der Waals surface area contributed by atoms with Gasteiger partial charge in [0.1, 0.15) is 11.5 Å². The van der Waals surface area contributed by atoms with Crippen molar-refractivity contribution in [3.8, 4) is 0 Å². The van der Waals surface area contributed by atoms with Gasteiger partial charge in [0.05, 0.1) is 0 Å². The Kier molecular flexibility index (Phi) is 4.55. The molecule has 1 amide bonds. The van der Waals surface area contributed by atoms with Crippen LogP contribution < -0.4 is 0 Å². The SMILES string of the molecule is CN1CCC[C@@H]2[C@H]1[C@@H](c1ccc(F)cc1)CN2C(=O)c1nccc2ccccc12. The quantitative estimate of drug-likeness (QED) is 0.663. The van der Waals surface area contributed by atoms with E-state index in [-0.39, 0.29) is 29.7 Å². The molecule has 0 radical (unpaired) electrons. The molecule has 0 unspecified atom stereocenters. The van der Waals surface area contributed by atoms with E-state index in [0.29, 0.717) is 12.2 Å². The summed E-state index contributed by atoms with van der Waals surface area (Å²) in [5, 5.41) is 1.92. The maximum atomic E-state index is 13.6. The molecular weight excluding hydrogens is 365 g/mol. The second-order valence-electron chi connectivity index (χ2n) is 8.18. The Labute approximate surface area is 170 Å². The topological polar surface area (TPSA) is 36.4 Å². The van der Waals surface area contributed by atoms with Crippen molar-refractivity contribution < 1.29 is 9.18 Å². The molecule has 2 fully saturated rings. The standard InChI is InChI=1S/C24H24FN3O/c1-27-14-4-7-21-23(27)20(17-8-10-18(25)11-9-17)15-28(21)24(29)22-19-6-3-2-5-16(19)12-13-26-22/h2-3,5-6,8-13,20-21,23H,4,7,14-15H2,1H3/t20-,21-,23-/m1/s1. The predicted octanol–water partition coefficient (Wildman–Crippen LogP) is 4.08. The number of aromatic nitrogens is 1. The lowest BCUT2D eigenvalue weighted by Gasteiger charge is -2.39. The van der Waals surface area contributed by atoms with Crippen molar-refractivity contribution in [2.24, 2.45) is 0 Å². The lowest BCUT2D eigenvalue weighted by Crippen LogP contribution is -2.50. The van der Waals surface area contributed by atoms with Crippen LogP contribution in [0.4, 0.5) is 4.39 Å². The first-order valence-corrected chi connectivity index (χ1v) is 10.2. The number of pyridine rings is 1. The van der Waals surface area contributed by atoms with Gasteiger partial charge in [0.2, 0.25) is 0 Å². The number of piperidine rings is 1. The van der Waals surface area contributed by atoms with Crippen molar-refractivity contribution in [2.45, 2.75) is 30.8 Å². The summed E-state index contributed by atoms with van der Waals surface area (Å²) in [5.41, 5.74) is 1.62. The Hall–Kier alpha value is -2.79.